The number of rotatable bonds is 1. The van der Waals surface area contributed by atoms with Crippen molar-refractivity contribution in [2.24, 2.45) is 0 Å². The highest BCUT2D eigenvalue weighted by Crippen LogP contribution is 2.18. The predicted molar refractivity (Wildman–Crippen MR) is 58.5 cm³/mol. The second kappa shape index (κ2) is 3.73. The van der Waals surface area contributed by atoms with Gasteiger partial charge in [0.1, 0.15) is 6.33 Å². The van der Waals surface area contributed by atoms with Crippen LogP contribution in [0.4, 0.5) is 4.39 Å². The second-order valence-electron chi connectivity index (χ2n) is 3.24. The molecule has 0 aliphatic rings. The Kier molecular flexibility index (Phi) is 2.56. The van der Waals surface area contributed by atoms with E-state index in [1.165, 1.54) is 6.07 Å². The highest BCUT2D eigenvalue weighted by atomic mass is 79.9. The van der Waals surface area contributed by atoms with E-state index in [1.807, 2.05) is 13.8 Å². The maximum Gasteiger partial charge on any atom is 0.174 e. The second-order valence-corrected chi connectivity index (χ2v) is 4.16. The standard InChI is InChI=1S/C10H9BrFN3/c1-6-7(2)15(5-14-6)10-9(12)3-8(11)4-13-10/h3-5H,1-2H3. The third-order valence-electron chi connectivity index (χ3n) is 2.27. The van der Waals surface area contributed by atoms with Gasteiger partial charge in [-0.3, -0.25) is 4.57 Å². The Morgan fingerprint density at radius 1 is 1.33 bits per heavy atom. The summed E-state index contributed by atoms with van der Waals surface area (Å²) >= 11 is 3.17. The van der Waals surface area contributed by atoms with E-state index in [0.717, 1.165) is 11.4 Å². The summed E-state index contributed by atoms with van der Waals surface area (Å²) in [5, 5.41) is 0. The summed E-state index contributed by atoms with van der Waals surface area (Å²) in [4.78, 5) is 8.12. The molecule has 0 N–H and O–H groups in total. The number of aryl methyl sites for hydroxylation is 1. The van der Waals surface area contributed by atoms with Gasteiger partial charge in [0.05, 0.1) is 5.69 Å². The van der Waals surface area contributed by atoms with Crippen LogP contribution in [0.15, 0.2) is 23.1 Å². The van der Waals surface area contributed by atoms with Crippen molar-refractivity contribution in [3.8, 4) is 5.82 Å². The van der Waals surface area contributed by atoms with Gasteiger partial charge in [0.15, 0.2) is 11.6 Å². The zero-order chi connectivity index (χ0) is 11.0. The molecular weight excluding hydrogens is 261 g/mol. The van der Waals surface area contributed by atoms with E-state index in [1.54, 1.807) is 17.1 Å². The van der Waals surface area contributed by atoms with Crippen LogP contribution >= 0.6 is 15.9 Å². The first kappa shape index (κ1) is 10.3. The summed E-state index contributed by atoms with van der Waals surface area (Å²) in [7, 11) is 0. The van der Waals surface area contributed by atoms with Crippen LogP contribution < -0.4 is 0 Å². The zero-order valence-corrected chi connectivity index (χ0v) is 9.92. The van der Waals surface area contributed by atoms with Crippen LogP contribution in [0, 0.1) is 19.7 Å². The molecule has 0 atom stereocenters. The smallest absolute Gasteiger partial charge is 0.174 e. The normalized spacial score (nSPS) is 10.7. The van der Waals surface area contributed by atoms with Crippen LogP contribution in [-0.2, 0) is 0 Å². The fourth-order valence-electron chi connectivity index (χ4n) is 1.30. The Labute approximate surface area is 95.1 Å². The third-order valence-corrected chi connectivity index (χ3v) is 2.70. The van der Waals surface area contributed by atoms with Crippen LogP contribution in [-0.4, -0.2) is 14.5 Å². The molecule has 0 spiro atoms. The third kappa shape index (κ3) is 1.79. The number of aromatic nitrogens is 3. The monoisotopic (exact) mass is 269 g/mol. The van der Waals surface area contributed by atoms with Gasteiger partial charge in [-0.15, -0.1) is 0 Å². The number of imidazole rings is 1. The molecule has 3 nitrogen and oxygen atoms in total. The number of pyridine rings is 1. The average Bonchev–Trinajstić information content (AvgIpc) is 2.49. The largest absolute Gasteiger partial charge is 0.285 e. The minimum absolute atomic E-state index is 0.274. The molecule has 0 radical (unpaired) electrons. The average molecular weight is 270 g/mol. The topological polar surface area (TPSA) is 30.7 Å². The molecule has 78 valence electrons. The first-order chi connectivity index (χ1) is 7.09. The SMILES string of the molecule is Cc1ncn(-c2ncc(Br)cc2F)c1C. The van der Waals surface area contributed by atoms with Crippen LogP contribution in [0.1, 0.15) is 11.4 Å². The van der Waals surface area contributed by atoms with Gasteiger partial charge in [-0.1, -0.05) is 0 Å². The highest BCUT2D eigenvalue weighted by molar-refractivity contribution is 9.10. The molecule has 2 heterocycles. The first-order valence-electron chi connectivity index (χ1n) is 4.41. The van der Waals surface area contributed by atoms with Gasteiger partial charge in [0.25, 0.3) is 0 Å². The van der Waals surface area contributed by atoms with Crippen LogP contribution in [0.3, 0.4) is 0 Å². The van der Waals surface area contributed by atoms with E-state index in [4.69, 9.17) is 0 Å². The Hall–Kier alpha value is -1.23. The summed E-state index contributed by atoms with van der Waals surface area (Å²) in [6, 6.07) is 1.39. The molecule has 2 aromatic rings. The highest BCUT2D eigenvalue weighted by Gasteiger charge is 2.10. The van der Waals surface area contributed by atoms with E-state index in [-0.39, 0.29) is 11.6 Å². The lowest BCUT2D eigenvalue weighted by molar-refractivity contribution is 0.606. The molecule has 2 rings (SSSR count). The van der Waals surface area contributed by atoms with Crippen molar-refractivity contribution >= 4 is 15.9 Å². The van der Waals surface area contributed by atoms with Crippen molar-refractivity contribution in [1.82, 2.24) is 14.5 Å². The summed E-state index contributed by atoms with van der Waals surface area (Å²) in [5.41, 5.74) is 1.77. The molecule has 0 saturated heterocycles. The van der Waals surface area contributed by atoms with Crippen molar-refractivity contribution in [3.63, 3.8) is 0 Å². The van der Waals surface area contributed by atoms with Crippen LogP contribution in [0.5, 0.6) is 0 Å². The summed E-state index contributed by atoms with van der Waals surface area (Å²) < 4.78 is 15.8. The quantitative estimate of drug-likeness (QED) is 0.797. The van der Waals surface area contributed by atoms with Crippen molar-refractivity contribution in [1.29, 1.82) is 0 Å². The van der Waals surface area contributed by atoms with Gasteiger partial charge in [-0.05, 0) is 35.8 Å². The lowest BCUT2D eigenvalue weighted by Gasteiger charge is -2.05. The zero-order valence-electron chi connectivity index (χ0n) is 8.33. The maximum absolute atomic E-state index is 13.6. The molecule has 0 aromatic carbocycles. The molecular formula is C10H9BrFN3. The lowest BCUT2D eigenvalue weighted by atomic mass is 10.3. The van der Waals surface area contributed by atoms with E-state index in [0.29, 0.717) is 4.47 Å². The minimum Gasteiger partial charge on any atom is -0.285 e. The molecule has 0 fully saturated rings. The van der Waals surface area contributed by atoms with Crippen molar-refractivity contribution in [2.45, 2.75) is 13.8 Å². The Bertz CT molecular complexity index is 507. The van der Waals surface area contributed by atoms with Crippen LogP contribution in [0.2, 0.25) is 0 Å². The molecule has 0 aliphatic carbocycles. The summed E-state index contributed by atoms with van der Waals surface area (Å²) in [6.45, 7) is 3.76. The fourth-order valence-corrected chi connectivity index (χ4v) is 1.60. The predicted octanol–water partition coefficient (Wildman–Crippen LogP) is 2.79. The van der Waals surface area contributed by atoms with E-state index < -0.39 is 0 Å². The maximum atomic E-state index is 13.6. The molecule has 0 amide bonds. The summed E-state index contributed by atoms with van der Waals surface area (Å²) in [5.74, 6) is -0.0961. The molecule has 15 heavy (non-hydrogen) atoms. The van der Waals surface area contributed by atoms with Crippen molar-refractivity contribution < 1.29 is 4.39 Å². The van der Waals surface area contributed by atoms with Crippen LogP contribution in [0.25, 0.3) is 5.82 Å². The number of hydrogen-bond acceptors (Lipinski definition) is 2. The minimum atomic E-state index is -0.370. The Morgan fingerprint density at radius 2 is 2.07 bits per heavy atom. The Morgan fingerprint density at radius 3 is 2.60 bits per heavy atom. The van der Waals surface area contributed by atoms with Gasteiger partial charge in [0.2, 0.25) is 0 Å². The van der Waals surface area contributed by atoms with Gasteiger partial charge in [-0.2, -0.15) is 0 Å². The van der Waals surface area contributed by atoms with E-state index in [2.05, 4.69) is 25.9 Å². The van der Waals surface area contributed by atoms with Gasteiger partial charge in [0, 0.05) is 16.4 Å². The van der Waals surface area contributed by atoms with Gasteiger partial charge in [-0.25, -0.2) is 14.4 Å². The first-order valence-corrected chi connectivity index (χ1v) is 5.21. The molecule has 5 heteroatoms. The number of halogens is 2. The molecule has 0 bridgehead atoms. The number of nitrogens with zero attached hydrogens (tertiary/aromatic N) is 3. The molecule has 0 aliphatic heterocycles. The van der Waals surface area contributed by atoms with Crippen molar-refractivity contribution in [3.05, 3.63) is 40.3 Å². The van der Waals surface area contributed by atoms with E-state index >= 15 is 0 Å². The molecule has 2 aromatic heterocycles. The summed E-state index contributed by atoms with van der Waals surface area (Å²) in [6.07, 6.45) is 3.14. The molecule has 0 saturated carbocycles. The lowest BCUT2D eigenvalue weighted by Crippen LogP contribution is -2.01. The molecule has 0 unspecified atom stereocenters. The van der Waals surface area contributed by atoms with E-state index in [9.17, 15) is 4.39 Å². The van der Waals surface area contributed by atoms with Gasteiger partial charge >= 0.3 is 0 Å². The fraction of sp³-hybridized carbons (Fsp3) is 0.200. The van der Waals surface area contributed by atoms with Gasteiger partial charge < -0.3 is 0 Å². The number of hydrogen-bond donors (Lipinski definition) is 0. The van der Waals surface area contributed by atoms with Crippen molar-refractivity contribution in [2.75, 3.05) is 0 Å². The Balaban J connectivity index is 2.59.